The maximum Gasteiger partial charge on any atom is 0.245 e. The number of aliphatic imine (C=N–C) groups is 1. The third-order valence-electron chi connectivity index (χ3n) is 5.75. The van der Waals surface area contributed by atoms with E-state index in [0.29, 0.717) is 19.0 Å². The van der Waals surface area contributed by atoms with Crippen LogP contribution in [0.25, 0.3) is 0 Å². The van der Waals surface area contributed by atoms with Gasteiger partial charge in [-0.15, -0.1) is 0 Å². The molecule has 0 saturated carbocycles. The lowest BCUT2D eigenvalue weighted by Crippen LogP contribution is -2.54. The fourth-order valence-corrected chi connectivity index (χ4v) is 6.10. The molecule has 7 nitrogen and oxygen atoms in total. The molecule has 1 saturated heterocycles. The second kappa shape index (κ2) is 10.3. The van der Waals surface area contributed by atoms with Crippen LogP contribution in [-0.4, -0.2) is 43.2 Å². The van der Waals surface area contributed by atoms with E-state index in [9.17, 15) is 13.7 Å². The van der Waals surface area contributed by atoms with Gasteiger partial charge in [0.2, 0.25) is 16.0 Å². The normalized spacial score (nSPS) is 17.3. The Morgan fingerprint density at radius 3 is 2.41 bits per heavy atom. The van der Waals surface area contributed by atoms with E-state index in [4.69, 9.17) is 11.6 Å². The Kier molecular flexibility index (Phi) is 7.17. The Morgan fingerprint density at radius 2 is 1.71 bits per heavy atom. The summed E-state index contributed by atoms with van der Waals surface area (Å²) in [4.78, 5) is 6.67. The Morgan fingerprint density at radius 1 is 1.03 bits per heavy atom. The molecule has 0 spiro atoms. The van der Waals surface area contributed by atoms with Crippen molar-refractivity contribution in [1.29, 1.82) is 5.26 Å². The minimum Gasteiger partial charge on any atom is -0.339 e. The smallest absolute Gasteiger partial charge is 0.245 e. The zero-order valence-electron chi connectivity index (χ0n) is 18.6. The summed E-state index contributed by atoms with van der Waals surface area (Å²) in [6, 6.07) is 23.1. The van der Waals surface area contributed by atoms with Crippen LogP contribution in [-0.2, 0) is 10.0 Å². The maximum absolute atomic E-state index is 13.7. The molecule has 1 heterocycles. The molecule has 1 aliphatic heterocycles. The Hall–Kier alpha value is -3.38. The molecule has 174 valence electrons. The van der Waals surface area contributed by atoms with Crippen molar-refractivity contribution in [3.63, 3.8) is 0 Å². The SMILES string of the molecule is Cc1ccccc1N=C(NC#N)N1CCN(S(=O)(=O)c2ccccc2Cl)C(c2ccccc2)C1. The van der Waals surface area contributed by atoms with Gasteiger partial charge in [0.1, 0.15) is 4.90 Å². The number of nitrogens with zero attached hydrogens (tertiary/aromatic N) is 4. The number of rotatable bonds is 4. The highest BCUT2D eigenvalue weighted by molar-refractivity contribution is 7.89. The van der Waals surface area contributed by atoms with Crippen LogP contribution in [0.1, 0.15) is 17.2 Å². The number of hydrogen-bond donors (Lipinski definition) is 1. The van der Waals surface area contributed by atoms with Crippen molar-refractivity contribution < 1.29 is 8.42 Å². The van der Waals surface area contributed by atoms with Crippen molar-refractivity contribution in [3.05, 3.63) is 95.0 Å². The fourth-order valence-electron chi connectivity index (χ4n) is 4.00. The van der Waals surface area contributed by atoms with Gasteiger partial charge in [0.25, 0.3) is 0 Å². The summed E-state index contributed by atoms with van der Waals surface area (Å²) in [7, 11) is -3.87. The molecule has 0 radical (unpaired) electrons. The minimum atomic E-state index is -3.87. The molecule has 0 bridgehead atoms. The Balaban J connectivity index is 1.73. The van der Waals surface area contributed by atoms with E-state index in [0.717, 1.165) is 16.8 Å². The second-order valence-electron chi connectivity index (χ2n) is 7.88. The molecule has 1 unspecified atom stereocenters. The molecule has 0 aromatic heterocycles. The summed E-state index contributed by atoms with van der Waals surface area (Å²) in [6.07, 6.45) is 1.96. The Labute approximate surface area is 205 Å². The van der Waals surface area contributed by atoms with Crippen LogP contribution in [0, 0.1) is 18.4 Å². The van der Waals surface area contributed by atoms with Gasteiger partial charge in [0.05, 0.1) is 16.8 Å². The topological polar surface area (TPSA) is 88.8 Å². The van der Waals surface area contributed by atoms with E-state index in [1.165, 1.54) is 10.4 Å². The van der Waals surface area contributed by atoms with E-state index in [2.05, 4.69) is 10.3 Å². The van der Waals surface area contributed by atoms with Crippen LogP contribution >= 0.6 is 11.6 Å². The van der Waals surface area contributed by atoms with Crippen LogP contribution in [0.5, 0.6) is 0 Å². The van der Waals surface area contributed by atoms with Gasteiger partial charge in [0, 0.05) is 19.6 Å². The van der Waals surface area contributed by atoms with E-state index >= 15 is 0 Å². The summed E-state index contributed by atoms with van der Waals surface area (Å²) in [5, 5.41) is 12.2. The predicted molar refractivity (Wildman–Crippen MR) is 133 cm³/mol. The summed E-state index contributed by atoms with van der Waals surface area (Å²) in [5.74, 6) is 0.382. The number of halogens is 1. The number of para-hydroxylation sites is 1. The predicted octanol–water partition coefficient (Wildman–Crippen LogP) is 4.45. The second-order valence-corrected chi connectivity index (χ2v) is 10.1. The fraction of sp³-hybridized carbons (Fsp3) is 0.200. The van der Waals surface area contributed by atoms with Crippen LogP contribution in [0.3, 0.4) is 0 Å². The number of hydrogen-bond acceptors (Lipinski definition) is 4. The van der Waals surface area contributed by atoms with Crippen LogP contribution in [0.4, 0.5) is 5.69 Å². The summed E-state index contributed by atoms with van der Waals surface area (Å²) in [5.41, 5.74) is 2.55. The van der Waals surface area contributed by atoms with Crippen molar-refractivity contribution in [3.8, 4) is 6.19 Å². The zero-order chi connectivity index (χ0) is 24.1. The van der Waals surface area contributed by atoms with E-state index in [1.54, 1.807) is 18.2 Å². The van der Waals surface area contributed by atoms with Crippen molar-refractivity contribution in [2.24, 2.45) is 4.99 Å². The maximum atomic E-state index is 13.7. The molecule has 1 atom stereocenters. The van der Waals surface area contributed by atoms with E-state index < -0.39 is 16.1 Å². The molecule has 0 aliphatic carbocycles. The largest absolute Gasteiger partial charge is 0.339 e. The molecule has 1 aliphatic rings. The molecule has 3 aromatic rings. The van der Waals surface area contributed by atoms with Gasteiger partial charge in [-0.2, -0.15) is 9.57 Å². The molecule has 3 aromatic carbocycles. The van der Waals surface area contributed by atoms with Gasteiger partial charge in [0.15, 0.2) is 6.19 Å². The zero-order valence-corrected chi connectivity index (χ0v) is 20.2. The first kappa shape index (κ1) is 23.8. The van der Waals surface area contributed by atoms with Crippen LogP contribution in [0.2, 0.25) is 5.02 Å². The van der Waals surface area contributed by atoms with Gasteiger partial charge < -0.3 is 4.90 Å². The average molecular weight is 494 g/mol. The van der Waals surface area contributed by atoms with E-state index in [-0.39, 0.29) is 16.5 Å². The third kappa shape index (κ3) is 4.92. The van der Waals surface area contributed by atoms with Crippen LogP contribution < -0.4 is 5.32 Å². The molecule has 4 rings (SSSR count). The summed E-state index contributed by atoms with van der Waals surface area (Å²) in [6.45, 7) is 2.82. The lowest BCUT2D eigenvalue weighted by atomic mass is 10.0. The molecule has 1 N–H and O–H groups in total. The lowest BCUT2D eigenvalue weighted by Gasteiger charge is -2.41. The first-order valence-electron chi connectivity index (χ1n) is 10.8. The number of aryl methyl sites for hydroxylation is 1. The first-order valence-corrected chi connectivity index (χ1v) is 12.6. The Bertz CT molecular complexity index is 1340. The number of nitriles is 1. The lowest BCUT2D eigenvalue weighted by molar-refractivity contribution is 0.192. The number of sulfonamides is 1. The molecular weight excluding hydrogens is 470 g/mol. The number of guanidine groups is 1. The van der Waals surface area contributed by atoms with Crippen molar-refractivity contribution >= 4 is 33.3 Å². The van der Waals surface area contributed by atoms with Crippen molar-refractivity contribution in [1.82, 2.24) is 14.5 Å². The molecule has 1 fully saturated rings. The monoisotopic (exact) mass is 493 g/mol. The van der Waals surface area contributed by atoms with Gasteiger partial charge in [-0.05, 0) is 36.2 Å². The van der Waals surface area contributed by atoms with Gasteiger partial charge in [-0.3, -0.25) is 5.32 Å². The quantitative estimate of drug-likeness (QED) is 0.251. The summed E-state index contributed by atoms with van der Waals surface area (Å²) >= 11 is 6.27. The van der Waals surface area contributed by atoms with Gasteiger partial charge in [-0.1, -0.05) is 72.3 Å². The first-order chi connectivity index (χ1) is 16.4. The molecule has 34 heavy (non-hydrogen) atoms. The molecule has 0 amide bonds. The number of nitrogens with one attached hydrogen (secondary N) is 1. The van der Waals surface area contributed by atoms with Crippen molar-refractivity contribution in [2.45, 2.75) is 17.9 Å². The highest BCUT2D eigenvalue weighted by atomic mass is 35.5. The highest BCUT2D eigenvalue weighted by Gasteiger charge is 2.38. The summed E-state index contributed by atoms with van der Waals surface area (Å²) < 4.78 is 28.8. The highest BCUT2D eigenvalue weighted by Crippen LogP contribution is 2.34. The van der Waals surface area contributed by atoms with E-state index in [1.807, 2.05) is 72.6 Å². The average Bonchev–Trinajstić information content (AvgIpc) is 2.85. The third-order valence-corrected chi connectivity index (χ3v) is 8.16. The minimum absolute atomic E-state index is 0.0787. The van der Waals surface area contributed by atoms with Gasteiger partial charge >= 0.3 is 0 Å². The number of piperazine rings is 1. The van der Waals surface area contributed by atoms with Gasteiger partial charge in [-0.25, -0.2) is 13.4 Å². The van der Waals surface area contributed by atoms with Crippen molar-refractivity contribution in [2.75, 3.05) is 19.6 Å². The molecule has 9 heteroatoms. The standard InChI is InChI=1S/C25H24ClN5O2S/c1-19-9-5-7-13-22(19)29-25(28-18-27)30-15-16-31(23(17-30)20-10-3-2-4-11-20)34(32,33)24-14-8-6-12-21(24)26/h2-14,23H,15-17H2,1H3,(H,28,29). The van der Waals surface area contributed by atoms with Crippen LogP contribution in [0.15, 0.2) is 88.8 Å². The molecular formula is C25H24ClN5O2S. The number of benzene rings is 3.